The maximum atomic E-state index is 15.7. The molecule has 1 saturated heterocycles. The first kappa shape index (κ1) is 27.0. The van der Waals surface area contributed by atoms with Crippen LogP contribution in [-0.4, -0.2) is 60.9 Å². The molecule has 0 radical (unpaired) electrons. The average molecular weight is 549 g/mol. The predicted molar refractivity (Wildman–Crippen MR) is 148 cm³/mol. The van der Waals surface area contributed by atoms with E-state index in [1.54, 1.807) is 9.58 Å². The van der Waals surface area contributed by atoms with Crippen molar-refractivity contribution in [3.05, 3.63) is 82.6 Å². The van der Waals surface area contributed by atoms with E-state index in [-0.39, 0.29) is 34.7 Å². The van der Waals surface area contributed by atoms with Crippen LogP contribution in [0.3, 0.4) is 0 Å². The summed E-state index contributed by atoms with van der Waals surface area (Å²) in [5.74, 6) is -2.20. The number of benzene rings is 1. The standard InChI is InChI=1S/C29H30F2N6O3/c1-6-24(39)34-12-13-35(18(5)15-34)27-19-14-21(31)26(25-20(30)8-7-9-23(25)38)32-28(19)37(29(40)33-27)36-17(4)10-11-22(36)16(2)3/h6-11,14,16,18,38H,1,12-13,15H2,2-5H3. The van der Waals surface area contributed by atoms with Crippen LogP contribution in [0, 0.1) is 18.6 Å². The summed E-state index contributed by atoms with van der Waals surface area (Å²) < 4.78 is 33.5. The van der Waals surface area contributed by atoms with Gasteiger partial charge >= 0.3 is 5.69 Å². The van der Waals surface area contributed by atoms with E-state index in [4.69, 9.17) is 0 Å². The van der Waals surface area contributed by atoms with Crippen molar-refractivity contribution in [1.82, 2.24) is 24.2 Å². The van der Waals surface area contributed by atoms with Crippen LogP contribution in [0.4, 0.5) is 14.6 Å². The summed E-state index contributed by atoms with van der Waals surface area (Å²) in [6, 6.07) is 8.30. The van der Waals surface area contributed by atoms with Crippen LogP contribution >= 0.6 is 0 Å². The molecule has 9 nitrogen and oxygen atoms in total. The van der Waals surface area contributed by atoms with Crippen molar-refractivity contribution in [3.63, 3.8) is 0 Å². The molecular formula is C29H30F2N6O3. The first-order chi connectivity index (χ1) is 19.0. The number of carbonyl (C=O) groups is 1. The fourth-order valence-electron chi connectivity index (χ4n) is 5.28. The van der Waals surface area contributed by atoms with Crippen molar-refractivity contribution in [2.75, 3.05) is 24.5 Å². The number of carbonyl (C=O) groups excluding carboxylic acids is 1. The molecule has 1 atom stereocenters. The number of aryl methyl sites for hydroxylation is 1. The zero-order valence-electron chi connectivity index (χ0n) is 22.7. The van der Waals surface area contributed by atoms with Gasteiger partial charge in [-0.1, -0.05) is 26.5 Å². The molecule has 1 N–H and O–H groups in total. The molecule has 5 rings (SSSR count). The molecule has 40 heavy (non-hydrogen) atoms. The smallest absolute Gasteiger partial charge is 0.370 e. The number of fused-ring (bicyclic) bond motifs is 1. The number of anilines is 1. The summed E-state index contributed by atoms with van der Waals surface area (Å²) in [5, 5.41) is 10.6. The largest absolute Gasteiger partial charge is 0.507 e. The Morgan fingerprint density at radius 1 is 1.12 bits per heavy atom. The molecule has 3 aromatic heterocycles. The third kappa shape index (κ3) is 4.41. The fourth-order valence-corrected chi connectivity index (χ4v) is 5.28. The van der Waals surface area contributed by atoms with E-state index in [1.165, 1.54) is 29.0 Å². The number of aromatic hydroxyl groups is 1. The minimum atomic E-state index is -0.886. The first-order valence-electron chi connectivity index (χ1n) is 13.0. The van der Waals surface area contributed by atoms with Crippen molar-refractivity contribution in [2.45, 2.75) is 39.7 Å². The Bertz CT molecular complexity index is 1690. The highest BCUT2D eigenvalue weighted by Gasteiger charge is 2.30. The molecule has 11 heteroatoms. The number of piperazine rings is 1. The van der Waals surface area contributed by atoms with Crippen molar-refractivity contribution in [1.29, 1.82) is 0 Å². The Labute approximate surface area is 229 Å². The Morgan fingerprint density at radius 2 is 1.88 bits per heavy atom. The van der Waals surface area contributed by atoms with Gasteiger partial charge in [0, 0.05) is 37.1 Å². The van der Waals surface area contributed by atoms with Gasteiger partial charge < -0.3 is 14.9 Å². The predicted octanol–water partition coefficient (Wildman–Crippen LogP) is 4.21. The third-order valence-corrected chi connectivity index (χ3v) is 7.26. The molecule has 4 aromatic rings. The van der Waals surface area contributed by atoms with E-state index in [2.05, 4.69) is 16.5 Å². The third-order valence-electron chi connectivity index (χ3n) is 7.26. The lowest BCUT2D eigenvalue weighted by molar-refractivity contribution is -0.126. The van der Waals surface area contributed by atoms with Crippen molar-refractivity contribution < 1.29 is 18.7 Å². The summed E-state index contributed by atoms with van der Waals surface area (Å²) >= 11 is 0. The molecule has 1 aliphatic heterocycles. The number of phenolic OH excluding ortho intramolecular Hbond substituents is 1. The van der Waals surface area contributed by atoms with Crippen molar-refractivity contribution >= 4 is 22.8 Å². The van der Waals surface area contributed by atoms with Crippen LogP contribution in [0.1, 0.15) is 38.1 Å². The van der Waals surface area contributed by atoms with E-state index in [1.807, 2.05) is 44.7 Å². The number of halogens is 2. The number of hydrogen-bond acceptors (Lipinski definition) is 6. The normalized spacial score (nSPS) is 15.7. The number of rotatable bonds is 5. The molecule has 0 bridgehead atoms. The van der Waals surface area contributed by atoms with E-state index in [0.29, 0.717) is 25.3 Å². The summed E-state index contributed by atoms with van der Waals surface area (Å²) in [6.45, 7) is 12.2. The summed E-state index contributed by atoms with van der Waals surface area (Å²) in [6.07, 6.45) is 1.25. The number of nitrogens with zero attached hydrogens (tertiary/aromatic N) is 6. The zero-order valence-corrected chi connectivity index (χ0v) is 22.7. The Kier molecular flexibility index (Phi) is 6.91. The quantitative estimate of drug-likeness (QED) is 0.376. The van der Waals surface area contributed by atoms with Crippen molar-refractivity contribution in [3.8, 4) is 17.0 Å². The van der Waals surface area contributed by atoms with Crippen LogP contribution in [0.15, 0.2) is 53.8 Å². The molecule has 1 unspecified atom stereocenters. The summed E-state index contributed by atoms with van der Waals surface area (Å²) in [4.78, 5) is 38.4. The van der Waals surface area contributed by atoms with Gasteiger partial charge in [-0.3, -0.25) is 9.47 Å². The summed E-state index contributed by atoms with van der Waals surface area (Å²) in [5.41, 5.74) is 0.0568. The Balaban J connectivity index is 1.81. The maximum Gasteiger partial charge on any atom is 0.370 e. The van der Waals surface area contributed by atoms with Crippen LogP contribution in [0.5, 0.6) is 5.75 Å². The number of amides is 1. The highest BCUT2D eigenvalue weighted by molar-refractivity contribution is 5.90. The van der Waals surface area contributed by atoms with Gasteiger partial charge in [0.1, 0.15) is 23.1 Å². The van der Waals surface area contributed by atoms with Gasteiger partial charge in [0.2, 0.25) is 5.91 Å². The van der Waals surface area contributed by atoms with Crippen LogP contribution in [0.2, 0.25) is 0 Å². The van der Waals surface area contributed by atoms with E-state index >= 15 is 4.39 Å². The second-order valence-electron chi connectivity index (χ2n) is 10.3. The number of pyridine rings is 1. The van der Waals surface area contributed by atoms with Gasteiger partial charge in [-0.2, -0.15) is 9.66 Å². The second-order valence-corrected chi connectivity index (χ2v) is 10.3. The average Bonchev–Trinajstić information content (AvgIpc) is 3.29. The van der Waals surface area contributed by atoms with Gasteiger partial charge in [0.25, 0.3) is 0 Å². The molecule has 4 heterocycles. The Morgan fingerprint density at radius 3 is 2.52 bits per heavy atom. The Hall–Kier alpha value is -4.54. The highest BCUT2D eigenvalue weighted by atomic mass is 19.1. The van der Waals surface area contributed by atoms with E-state index in [9.17, 15) is 19.1 Å². The van der Waals surface area contributed by atoms with Crippen LogP contribution < -0.4 is 10.6 Å². The van der Waals surface area contributed by atoms with Gasteiger partial charge in [-0.25, -0.2) is 18.6 Å². The van der Waals surface area contributed by atoms with Gasteiger partial charge in [0.15, 0.2) is 11.5 Å². The van der Waals surface area contributed by atoms with Crippen molar-refractivity contribution in [2.24, 2.45) is 0 Å². The summed E-state index contributed by atoms with van der Waals surface area (Å²) in [7, 11) is 0. The highest BCUT2D eigenvalue weighted by Crippen LogP contribution is 2.36. The van der Waals surface area contributed by atoms with Gasteiger partial charge in [-0.05, 0) is 56.2 Å². The molecule has 0 saturated carbocycles. The lowest BCUT2D eigenvalue weighted by atomic mass is 10.1. The number of aromatic nitrogens is 4. The minimum Gasteiger partial charge on any atom is -0.507 e. The zero-order chi connectivity index (χ0) is 28.9. The molecule has 1 fully saturated rings. The molecule has 0 spiro atoms. The van der Waals surface area contributed by atoms with Crippen LogP contribution in [-0.2, 0) is 4.79 Å². The molecular weight excluding hydrogens is 518 g/mol. The molecule has 1 aliphatic rings. The molecule has 1 amide bonds. The monoisotopic (exact) mass is 548 g/mol. The second kappa shape index (κ2) is 10.2. The van der Waals surface area contributed by atoms with Gasteiger partial charge in [0.05, 0.1) is 10.9 Å². The SMILES string of the molecule is C=CC(=O)N1CCN(c2nc(=O)n(-n3c(C)ccc3C(C)C)c3nc(-c4c(O)cccc4F)c(F)cc23)C(C)C1. The number of hydrogen-bond donors (Lipinski definition) is 1. The lowest BCUT2D eigenvalue weighted by Crippen LogP contribution is -2.54. The van der Waals surface area contributed by atoms with E-state index < -0.39 is 34.3 Å². The lowest BCUT2D eigenvalue weighted by Gasteiger charge is -2.40. The maximum absolute atomic E-state index is 15.7. The van der Waals surface area contributed by atoms with Crippen LogP contribution in [0.25, 0.3) is 22.3 Å². The number of phenols is 1. The molecule has 0 aliphatic carbocycles. The van der Waals surface area contributed by atoms with E-state index in [0.717, 1.165) is 11.8 Å². The molecule has 208 valence electrons. The van der Waals surface area contributed by atoms with Gasteiger partial charge in [-0.15, -0.1) is 0 Å². The minimum absolute atomic E-state index is 0.0151. The molecule has 1 aromatic carbocycles. The fraction of sp³-hybridized carbons (Fsp3) is 0.310. The first-order valence-corrected chi connectivity index (χ1v) is 13.0. The topological polar surface area (TPSA) is 96.5 Å².